The largest absolute Gasteiger partial charge is 0.496 e. The number of methoxy groups -OCH3 is 1. The highest BCUT2D eigenvalue weighted by molar-refractivity contribution is 7.89. The summed E-state index contributed by atoms with van der Waals surface area (Å²) in [4.78, 5) is 24.1. The Morgan fingerprint density at radius 1 is 1.29 bits per heavy atom. The van der Waals surface area contributed by atoms with Crippen LogP contribution in [0, 0.1) is 6.92 Å². The average molecular weight is 448 g/mol. The summed E-state index contributed by atoms with van der Waals surface area (Å²) >= 11 is 0. The first-order valence-electron chi connectivity index (χ1n) is 9.60. The Hall–Kier alpha value is -3.11. The maximum atomic E-state index is 13.1. The standard InChI is InChI=1S/C21H25N3O6S/c1-13-9-16-18(30-14(2)21(26)23-16)10-19(13)31(27,28)24(3)12-20(25)22-11-15-7-5-6-8-17(15)29-4/h5-10,14H,11-12H2,1-4H3,(H,22,25)(H,23,26)/t14-/m0/s1. The molecule has 0 fully saturated rings. The molecule has 3 rings (SSSR count). The molecule has 1 aliphatic heterocycles. The number of likely N-dealkylation sites (N-methyl/N-ethyl adjacent to an activating group) is 1. The Labute approximate surface area is 181 Å². The Bertz CT molecular complexity index is 1120. The van der Waals surface area contributed by atoms with Gasteiger partial charge in [-0.3, -0.25) is 9.59 Å². The molecule has 0 spiro atoms. The number of amides is 2. The highest BCUT2D eigenvalue weighted by Crippen LogP contribution is 2.35. The number of para-hydroxylation sites is 1. The second-order valence-electron chi connectivity index (χ2n) is 7.21. The van der Waals surface area contributed by atoms with Gasteiger partial charge in [0.25, 0.3) is 5.91 Å². The predicted octanol–water partition coefficient (Wildman–Crippen LogP) is 1.66. The summed E-state index contributed by atoms with van der Waals surface area (Å²) in [5.74, 6) is 0.149. The van der Waals surface area contributed by atoms with Crippen LogP contribution in [0.15, 0.2) is 41.3 Å². The van der Waals surface area contributed by atoms with Crippen molar-refractivity contribution in [2.45, 2.75) is 31.4 Å². The van der Waals surface area contributed by atoms with Crippen molar-refractivity contribution < 1.29 is 27.5 Å². The van der Waals surface area contributed by atoms with Crippen molar-refractivity contribution in [1.82, 2.24) is 9.62 Å². The van der Waals surface area contributed by atoms with Crippen molar-refractivity contribution in [3.8, 4) is 11.5 Å². The molecule has 1 aliphatic rings. The first kappa shape index (κ1) is 22.6. The molecule has 2 amide bonds. The molecule has 0 saturated heterocycles. The normalized spacial score (nSPS) is 15.6. The van der Waals surface area contributed by atoms with E-state index in [1.807, 2.05) is 18.2 Å². The van der Waals surface area contributed by atoms with Crippen LogP contribution in [0.2, 0.25) is 0 Å². The molecule has 10 heteroatoms. The van der Waals surface area contributed by atoms with E-state index in [-0.39, 0.29) is 29.6 Å². The van der Waals surface area contributed by atoms with Crippen LogP contribution in [-0.2, 0) is 26.2 Å². The Balaban J connectivity index is 1.72. The number of hydrogen-bond acceptors (Lipinski definition) is 6. The van der Waals surface area contributed by atoms with E-state index < -0.39 is 22.0 Å². The van der Waals surface area contributed by atoms with Crippen molar-refractivity contribution in [2.75, 3.05) is 26.0 Å². The monoisotopic (exact) mass is 447 g/mol. The van der Waals surface area contributed by atoms with E-state index in [4.69, 9.17) is 9.47 Å². The van der Waals surface area contributed by atoms with E-state index in [1.165, 1.54) is 20.2 Å². The number of benzene rings is 2. The number of anilines is 1. The third-order valence-electron chi connectivity index (χ3n) is 4.93. The lowest BCUT2D eigenvalue weighted by molar-refractivity contribution is -0.123. The Kier molecular flexibility index (Phi) is 6.51. The molecular formula is C21H25N3O6S. The smallest absolute Gasteiger partial charge is 0.265 e. The molecule has 2 aromatic rings. The van der Waals surface area contributed by atoms with Crippen molar-refractivity contribution in [3.63, 3.8) is 0 Å². The number of nitrogens with one attached hydrogen (secondary N) is 2. The molecule has 166 valence electrons. The fourth-order valence-corrected chi connectivity index (χ4v) is 4.52. The fourth-order valence-electron chi connectivity index (χ4n) is 3.17. The minimum Gasteiger partial charge on any atom is -0.496 e. The number of ether oxygens (including phenoxy) is 2. The Morgan fingerprint density at radius 2 is 2.00 bits per heavy atom. The third-order valence-corrected chi connectivity index (χ3v) is 6.88. The number of sulfonamides is 1. The summed E-state index contributed by atoms with van der Waals surface area (Å²) in [5, 5.41) is 5.39. The van der Waals surface area contributed by atoms with Gasteiger partial charge in [-0.15, -0.1) is 0 Å². The van der Waals surface area contributed by atoms with Gasteiger partial charge in [0.15, 0.2) is 6.10 Å². The van der Waals surface area contributed by atoms with Gasteiger partial charge in [-0.05, 0) is 31.5 Å². The second-order valence-corrected chi connectivity index (χ2v) is 9.23. The zero-order valence-electron chi connectivity index (χ0n) is 17.8. The molecule has 0 radical (unpaired) electrons. The molecule has 2 N–H and O–H groups in total. The lowest BCUT2D eigenvalue weighted by atomic mass is 10.1. The van der Waals surface area contributed by atoms with Gasteiger partial charge in [-0.2, -0.15) is 4.31 Å². The van der Waals surface area contributed by atoms with Gasteiger partial charge in [-0.1, -0.05) is 18.2 Å². The summed E-state index contributed by atoms with van der Waals surface area (Å²) in [6.07, 6.45) is -0.732. The second kappa shape index (κ2) is 8.94. The molecular weight excluding hydrogens is 422 g/mol. The fraction of sp³-hybridized carbons (Fsp3) is 0.333. The topological polar surface area (TPSA) is 114 Å². The van der Waals surface area contributed by atoms with Crippen LogP contribution in [0.5, 0.6) is 11.5 Å². The van der Waals surface area contributed by atoms with E-state index in [2.05, 4.69) is 10.6 Å². The predicted molar refractivity (Wildman–Crippen MR) is 115 cm³/mol. The first-order chi connectivity index (χ1) is 14.6. The SMILES string of the molecule is COc1ccccc1CNC(=O)CN(C)S(=O)(=O)c1cc2c(cc1C)NC(=O)[C@H](C)O2. The van der Waals surface area contributed by atoms with Crippen LogP contribution in [0.4, 0.5) is 5.69 Å². The number of carbonyl (C=O) groups excluding carboxylic acids is 2. The van der Waals surface area contributed by atoms with E-state index in [0.717, 1.165) is 9.87 Å². The van der Waals surface area contributed by atoms with Crippen molar-refractivity contribution >= 4 is 27.5 Å². The number of rotatable bonds is 7. The maximum Gasteiger partial charge on any atom is 0.265 e. The summed E-state index contributed by atoms with van der Waals surface area (Å²) in [6.45, 7) is 3.04. The lowest BCUT2D eigenvalue weighted by Gasteiger charge is -2.25. The Morgan fingerprint density at radius 3 is 2.71 bits per heavy atom. The van der Waals surface area contributed by atoms with Gasteiger partial charge in [0, 0.05) is 25.2 Å². The van der Waals surface area contributed by atoms with Gasteiger partial charge in [0.05, 0.1) is 24.2 Å². The van der Waals surface area contributed by atoms with Gasteiger partial charge >= 0.3 is 0 Å². The molecule has 1 atom stereocenters. The van der Waals surface area contributed by atoms with Crippen LogP contribution < -0.4 is 20.1 Å². The first-order valence-corrected chi connectivity index (χ1v) is 11.0. The van der Waals surface area contributed by atoms with E-state index in [9.17, 15) is 18.0 Å². The van der Waals surface area contributed by atoms with Crippen LogP contribution in [0.25, 0.3) is 0 Å². The molecule has 2 aromatic carbocycles. The lowest BCUT2D eigenvalue weighted by Crippen LogP contribution is -2.38. The number of aryl methyl sites for hydroxylation is 1. The van der Waals surface area contributed by atoms with Gasteiger partial charge in [0.2, 0.25) is 15.9 Å². The molecule has 0 saturated carbocycles. The molecule has 1 heterocycles. The van der Waals surface area contributed by atoms with Crippen LogP contribution in [0.1, 0.15) is 18.1 Å². The summed E-state index contributed by atoms with van der Waals surface area (Å²) in [6, 6.07) is 10.2. The van der Waals surface area contributed by atoms with Crippen LogP contribution >= 0.6 is 0 Å². The van der Waals surface area contributed by atoms with Crippen molar-refractivity contribution in [2.24, 2.45) is 0 Å². The minimum atomic E-state index is -3.97. The van der Waals surface area contributed by atoms with Crippen molar-refractivity contribution in [3.05, 3.63) is 47.5 Å². The minimum absolute atomic E-state index is 0.00891. The van der Waals surface area contributed by atoms with Crippen LogP contribution in [0.3, 0.4) is 0 Å². The number of carbonyl (C=O) groups is 2. The zero-order valence-corrected chi connectivity index (χ0v) is 18.6. The van der Waals surface area contributed by atoms with Gasteiger partial charge in [0.1, 0.15) is 11.5 Å². The third kappa shape index (κ3) is 4.80. The molecule has 0 bridgehead atoms. The van der Waals surface area contributed by atoms with Gasteiger partial charge < -0.3 is 20.1 Å². The number of hydrogen-bond donors (Lipinski definition) is 2. The highest BCUT2D eigenvalue weighted by Gasteiger charge is 2.30. The van der Waals surface area contributed by atoms with Gasteiger partial charge in [-0.25, -0.2) is 8.42 Å². The average Bonchev–Trinajstić information content (AvgIpc) is 2.73. The van der Waals surface area contributed by atoms with E-state index >= 15 is 0 Å². The summed E-state index contributed by atoms with van der Waals surface area (Å²) in [7, 11) is -1.09. The molecule has 31 heavy (non-hydrogen) atoms. The van der Waals surface area contributed by atoms with Crippen molar-refractivity contribution in [1.29, 1.82) is 0 Å². The number of fused-ring (bicyclic) bond motifs is 1. The summed E-state index contributed by atoms with van der Waals surface area (Å²) in [5.41, 5.74) is 1.62. The molecule has 0 aliphatic carbocycles. The summed E-state index contributed by atoms with van der Waals surface area (Å²) < 4.78 is 37.9. The van der Waals surface area contributed by atoms with E-state index in [0.29, 0.717) is 17.0 Å². The maximum absolute atomic E-state index is 13.1. The van der Waals surface area contributed by atoms with E-state index in [1.54, 1.807) is 26.0 Å². The zero-order chi connectivity index (χ0) is 22.8. The quantitative estimate of drug-likeness (QED) is 0.667. The molecule has 0 aromatic heterocycles. The molecule has 9 nitrogen and oxygen atoms in total. The molecule has 0 unspecified atom stereocenters. The highest BCUT2D eigenvalue weighted by atomic mass is 32.2. The number of nitrogens with zero attached hydrogens (tertiary/aromatic N) is 1. The van der Waals surface area contributed by atoms with Crippen LogP contribution in [-0.4, -0.2) is 51.3 Å².